The van der Waals surface area contributed by atoms with E-state index in [1.807, 2.05) is 51.7 Å². The molecule has 0 saturated carbocycles. The van der Waals surface area contributed by atoms with E-state index in [1.165, 1.54) is 11.1 Å². The third-order valence-corrected chi connectivity index (χ3v) is 7.91. The molecule has 0 unspecified atom stereocenters. The van der Waals surface area contributed by atoms with Crippen molar-refractivity contribution in [2.24, 2.45) is 0 Å². The number of carbonyl (C=O) groups is 2. The van der Waals surface area contributed by atoms with Crippen LogP contribution in [0.3, 0.4) is 0 Å². The molecule has 2 aromatic carbocycles. The van der Waals surface area contributed by atoms with Gasteiger partial charge in [0.1, 0.15) is 0 Å². The maximum absolute atomic E-state index is 13.5. The number of benzene rings is 2. The predicted molar refractivity (Wildman–Crippen MR) is 169 cm³/mol. The molecule has 0 aliphatic heterocycles. The second-order valence-corrected chi connectivity index (χ2v) is 11.1. The van der Waals surface area contributed by atoms with E-state index in [1.54, 1.807) is 17.3 Å². The Balaban J connectivity index is 1.71. The van der Waals surface area contributed by atoms with E-state index in [0.29, 0.717) is 32.6 Å². The van der Waals surface area contributed by atoms with E-state index in [0.717, 1.165) is 39.0 Å². The Hall–Kier alpha value is -4.13. The normalized spacial score (nSPS) is 11.5. The molecule has 0 spiro atoms. The highest BCUT2D eigenvalue weighted by atomic mass is 16.2. The molecule has 2 aromatic heterocycles. The van der Waals surface area contributed by atoms with Gasteiger partial charge in [-0.2, -0.15) is 0 Å². The summed E-state index contributed by atoms with van der Waals surface area (Å²) in [5.74, 6) is 0.122. The van der Waals surface area contributed by atoms with Crippen molar-refractivity contribution >= 4 is 28.5 Å². The van der Waals surface area contributed by atoms with Gasteiger partial charge in [0.05, 0.1) is 5.41 Å². The first kappa shape index (κ1) is 29.8. The molecule has 0 radical (unpaired) electrons. The average molecular weight is 554 g/mol. The molecule has 4 rings (SSSR count). The molecule has 2 heterocycles. The summed E-state index contributed by atoms with van der Waals surface area (Å²) >= 11 is 0. The van der Waals surface area contributed by atoms with Gasteiger partial charge in [0.2, 0.25) is 5.91 Å². The number of carbonyl (C=O) groups excluding carboxylic acids is 2. The van der Waals surface area contributed by atoms with Crippen molar-refractivity contribution in [3.63, 3.8) is 0 Å². The quantitative estimate of drug-likeness (QED) is 0.227. The number of aromatic nitrogens is 2. The molecular weight excluding hydrogens is 510 g/mol. The van der Waals surface area contributed by atoms with Gasteiger partial charge in [-0.1, -0.05) is 23.3 Å². The summed E-state index contributed by atoms with van der Waals surface area (Å²) in [6, 6.07) is 16.4. The SMILES string of the molecule is CCN(CC)C(=O)C(C)(C)c1ccc2[nH]c(-c3cc(C)cc(C)c3)c(CCNC(=O)N(CC)c3ccncc3)c2c1. The van der Waals surface area contributed by atoms with Crippen LogP contribution in [0.5, 0.6) is 0 Å². The lowest BCUT2D eigenvalue weighted by Crippen LogP contribution is -2.43. The number of aromatic amines is 1. The highest BCUT2D eigenvalue weighted by Gasteiger charge is 2.33. The summed E-state index contributed by atoms with van der Waals surface area (Å²) in [7, 11) is 0. The van der Waals surface area contributed by atoms with Gasteiger partial charge < -0.3 is 15.2 Å². The van der Waals surface area contributed by atoms with Crippen molar-refractivity contribution in [2.75, 3.05) is 31.1 Å². The average Bonchev–Trinajstić information content (AvgIpc) is 3.32. The number of amides is 3. The number of fused-ring (bicyclic) bond motifs is 1. The minimum Gasteiger partial charge on any atom is -0.354 e. The molecule has 7 heteroatoms. The molecule has 0 aliphatic rings. The van der Waals surface area contributed by atoms with Gasteiger partial charge in [-0.15, -0.1) is 0 Å². The molecule has 0 bridgehead atoms. The molecule has 7 nitrogen and oxygen atoms in total. The molecule has 41 heavy (non-hydrogen) atoms. The Bertz CT molecular complexity index is 1500. The van der Waals surface area contributed by atoms with Crippen LogP contribution in [0.4, 0.5) is 10.5 Å². The number of hydrogen-bond acceptors (Lipinski definition) is 3. The second kappa shape index (κ2) is 12.6. The van der Waals surface area contributed by atoms with Crippen LogP contribution in [0.25, 0.3) is 22.2 Å². The fraction of sp³-hybridized carbons (Fsp3) is 0.382. The Labute approximate surface area is 244 Å². The second-order valence-electron chi connectivity index (χ2n) is 11.1. The third kappa shape index (κ3) is 6.29. The van der Waals surface area contributed by atoms with Crippen LogP contribution in [-0.2, 0) is 16.6 Å². The van der Waals surface area contributed by atoms with E-state index < -0.39 is 5.41 Å². The lowest BCUT2D eigenvalue weighted by Gasteiger charge is -2.31. The van der Waals surface area contributed by atoms with Crippen LogP contribution in [0.1, 0.15) is 56.9 Å². The molecule has 0 fully saturated rings. The Morgan fingerprint density at radius 2 is 1.56 bits per heavy atom. The van der Waals surface area contributed by atoms with Gasteiger partial charge in [-0.05, 0) is 108 Å². The monoisotopic (exact) mass is 553 g/mol. The van der Waals surface area contributed by atoms with Crippen molar-refractivity contribution < 1.29 is 9.59 Å². The Morgan fingerprint density at radius 1 is 0.902 bits per heavy atom. The lowest BCUT2D eigenvalue weighted by atomic mass is 9.82. The summed E-state index contributed by atoms with van der Waals surface area (Å²) in [4.78, 5) is 37.9. The zero-order chi connectivity index (χ0) is 29.7. The zero-order valence-electron chi connectivity index (χ0n) is 25.5. The number of hydrogen-bond donors (Lipinski definition) is 2. The van der Waals surface area contributed by atoms with Crippen LogP contribution in [0.2, 0.25) is 0 Å². The minimum absolute atomic E-state index is 0.122. The number of pyridine rings is 1. The number of rotatable bonds is 10. The highest BCUT2D eigenvalue weighted by Crippen LogP contribution is 2.35. The van der Waals surface area contributed by atoms with Crippen LogP contribution in [-0.4, -0.2) is 53.0 Å². The summed E-state index contributed by atoms with van der Waals surface area (Å²) in [6.45, 7) is 16.6. The molecule has 0 aliphatic carbocycles. The lowest BCUT2D eigenvalue weighted by molar-refractivity contribution is -0.135. The van der Waals surface area contributed by atoms with Crippen molar-refractivity contribution in [3.05, 3.63) is 83.2 Å². The number of anilines is 1. The first-order valence-corrected chi connectivity index (χ1v) is 14.6. The van der Waals surface area contributed by atoms with Crippen LogP contribution >= 0.6 is 0 Å². The maximum Gasteiger partial charge on any atom is 0.321 e. The number of nitrogens with zero attached hydrogens (tertiary/aromatic N) is 3. The van der Waals surface area contributed by atoms with Gasteiger partial charge in [0.15, 0.2) is 0 Å². The van der Waals surface area contributed by atoms with Gasteiger partial charge in [0, 0.05) is 60.9 Å². The van der Waals surface area contributed by atoms with Crippen LogP contribution in [0.15, 0.2) is 60.9 Å². The van der Waals surface area contributed by atoms with Gasteiger partial charge in [0.25, 0.3) is 0 Å². The van der Waals surface area contributed by atoms with Crippen molar-refractivity contribution in [1.82, 2.24) is 20.2 Å². The Kier molecular flexibility index (Phi) is 9.16. The van der Waals surface area contributed by atoms with Crippen LogP contribution in [0, 0.1) is 13.8 Å². The van der Waals surface area contributed by atoms with Crippen molar-refractivity contribution in [2.45, 2.75) is 60.3 Å². The van der Waals surface area contributed by atoms with E-state index in [9.17, 15) is 9.59 Å². The van der Waals surface area contributed by atoms with E-state index in [2.05, 4.69) is 65.5 Å². The number of H-pyrrole nitrogens is 1. The van der Waals surface area contributed by atoms with Crippen molar-refractivity contribution in [1.29, 1.82) is 0 Å². The number of aryl methyl sites for hydroxylation is 2. The first-order valence-electron chi connectivity index (χ1n) is 14.6. The summed E-state index contributed by atoms with van der Waals surface area (Å²) in [5, 5.41) is 4.20. The largest absolute Gasteiger partial charge is 0.354 e. The minimum atomic E-state index is -0.671. The highest BCUT2D eigenvalue weighted by molar-refractivity contribution is 5.95. The summed E-state index contributed by atoms with van der Waals surface area (Å²) in [5.41, 5.74) is 7.82. The molecule has 2 N–H and O–H groups in total. The fourth-order valence-corrected chi connectivity index (χ4v) is 5.65. The molecule has 216 valence electrons. The van der Waals surface area contributed by atoms with Crippen LogP contribution < -0.4 is 10.2 Å². The van der Waals surface area contributed by atoms with Gasteiger partial charge >= 0.3 is 6.03 Å². The third-order valence-electron chi connectivity index (χ3n) is 7.91. The van der Waals surface area contributed by atoms with E-state index in [-0.39, 0.29) is 11.9 Å². The standard InChI is InChI=1S/C34H43N5O2/c1-8-38(9-2)32(40)34(6,7)26-11-12-30-29(22-26)28(31(37-30)25-20-23(4)19-24(5)21-25)15-18-36-33(41)39(10-3)27-13-16-35-17-14-27/h11-14,16-17,19-22,37H,8-10,15,18H2,1-7H3,(H,36,41). The molecule has 4 aromatic rings. The number of likely N-dealkylation sites (N-methyl/N-ethyl adjacent to an activating group) is 1. The summed E-state index contributed by atoms with van der Waals surface area (Å²) in [6.07, 6.45) is 4.02. The predicted octanol–water partition coefficient (Wildman–Crippen LogP) is 6.77. The molecule has 0 atom stereocenters. The van der Waals surface area contributed by atoms with E-state index >= 15 is 0 Å². The molecule has 0 saturated heterocycles. The Morgan fingerprint density at radius 3 is 2.17 bits per heavy atom. The number of urea groups is 1. The smallest absolute Gasteiger partial charge is 0.321 e. The number of nitrogens with one attached hydrogen (secondary N) is 2. The van der Waals surface area contributed by atoms with Gasteiger partial charge in [-0.3, -0.25) is 14.7 Å². The zero-order valence-corrected chi connectivity index (χ0v) is 25.5. The fourth-order valence-electron chi connectivity index (χ4n) is 5.65. The topological polar surface area (TPSA) is 81.3 Å². The van der Waals surface area contributed by atoms with E-state index in [4.69, 9.17) is 0 Å². The van der Waals surface area contributed by atoms with Gasteiger partial charge in [-0.25, -0.2) is 4.79 Å². The molecule has 3 amide bonds. The first-order chi connectivity index (χ1) is 19.6. The molecular formula is C34H43N5O2. The van der Waals surface area contributed by atoms with Crippen molar-refractivity contribution in [3.8, 4) is 11.3 Å². The summed E-state index contributed by atoms with van der Waals surface area (Å²) < 4.78 is 0. The maximum atomic E-state index is 13.5.